The van der Waals surface area contributed by atoms with Crippen molar-refractivity contribution in [1.29, 1.82) is 0 Å². The maximum absolute atomic E-state index is 11.9. The van der Waals surface area contributed by atoms with Crippen LogP contribution in [0, 0.1) is 5.92 Å². The summed E-state index contributed by atoms with van der Waals surface area (Å²) in [5.41, 5.74) is 0. The molecule has 2 atom stereocenters. The van der Waals surface area contributed by atoms with Crippen molar-refractivity contribution in [2.45, 2.75) is 32.7 Å². The van der Waals surface area contributed by atoms with Crippen LogP contribution in [0.3, 0.4) is 0 Å². The smallest absolute Gasteiger partial charge is 0.308 e. The highest BCUT2D eigenvalue weighted by Crippen LogP contribution is 2.17. The van der Waals surface area contributed by atoms with E-state index in [2.05, 4.69) is 5.32 Å². The molecule has 0 aromatic rings. The molecule has 1 aliphatic rings. The number of carboxylic acid groups (broad SMARTS) is 1. The van der Waals surface area contributed by atoms with Crippen LogP contribution >= 0.6 is 0 Å². The van der Waals surface area contributed by atoms with E-state index in [0.29, 0.717) is 19.4 Å². The molecule has 1 saturated heterocycles. The topological polar surface area (TPSA) is 86.7 Å². The molecule has 1 rings (SSSR count). The fourth-order valence-corrected chi connectivity index (χ4v) is 2.02. The van der Waals surface area contributed by atoms with E-state index < -0.39 is 17.9 Å². The Labute approximate surface area is 100.0 Å². The maximum Gasteiger partial charge on any atom is 0.308 e. The Morgan fingerprint density at radius 1 is 1.41 bits per heavy atom. The van der Waals surface area contributed by atoms with E-state index in [0.717, 1.165) is 0 Å². The van der Waals surface area contributed by atoms with Gasteiger partial charge in [0.25, 0.3) is 0 Å². The molecule has 6 heteroatoms. The first-order chi connectivity index (χ1) is 7.91. The van der Waals surface area contributed by atoms with Crippen LogP contribution in [0.15, 0.2) is 0 Å². The summed E-state index contributed by atoms with van der Waals surface area (Å²) in [7, 11) is 0. The van der Waals surface area contributed by atoms with Crippen LogP contribution in [-0.4, -0.2) is 46.9 Å². The number of carboxylic acids is 1. The lowest BCUT2D eigenvalue weighted by Gasteiger charge is -2.32. The van der Waals surface area contributed by atoms with Gasteiger partial charge in [-0.3, -0.25) is 14.4 Å². The molecule has 2 amide bonds. The second-order valence-corrected chi connectivity index (χ2v) is 4.38. The number of carbonyl (C=O) groups excluding carboxylic acids is 2. The van der Waals surface area contributed by atoms with Crippen molar-refractivity contribution in [2.24, 2.45) is 5.92 Å². The first-order valence-corrected chi connectivity index (χ1v) is 5.70. The van der Waals surface area contributed by atoms with Gasteiger partial charge in [0.15, 0.2) is 0 Å². The SMILES string of the molecule is CC(=O)NC(C)C(=O)N1CCC[C@H](C(=O)O)C1. The fraction of sp³-hybridized carbons (Fsp3) is 0.727. The highest BCUT2D eigenvalue weighted by molar-refractivity contribution is 5.87. The third-order valence-corrected chi connectivity index (χ3v) is 2.87. The van der Waals surface area contributed by atoms with E-state index in [9.17, 15) is 14.4 Å². The fourth-order valence-electron chi connectivity index (χ4n) is 2.02. The van der Waals surface area contributed by atoms with Gasteiger partial charge >= 0.3 is 5.97 Å². The molecule has 0 saturated carbocycles. The Balaban J connectivity index is 2.57. The van der Waals surface area contributed by atoms with Crippen molar-refractivity contribution in [2.75, 3.05) is 13.1 Å². The highest BCUT2D eigenvalue weighted by Gasteiger charge is 2.30. The van der Waals surface area contributed by atoms with Gasteiger partial charge in [0.2, 0.25) is 11.8 Å². The zero-order valence-electron chi connectivity index (χ0n) is 10.1. The molecule has 0 radical (unpaired) electrons. The van der Waals surface area contributed by atoms with Crippen molar-refractivity contribution in [3.05, 3.63) is 0 Å². The lowest BCUT2D eigenvalue weighted by atomic mass is 9.98. The molecule has 0 aromatic carbocycles. The predicted molar refractivity (Wildman–Crippen MR) is 60.2 cm³/mol. The van der Waals surface area contributed by atoms with E-state index in [1.54, 1.807) is 6.92 Å². The quantitative estimate of drug-likeness (QED) is 0.719. The molecular formula is C11H18N2O4. The average Bonchev–Trinajstić information content (AvgIpc) is 2.27. The minimum absolute atomic E-state index is 0.217. The number of rotatable bonds is 3. The lowest BCUT2D eigenvalue weighted by Crippen LogP contribution is -2.50. The summed E-state index contributed by atoms with van der Waals surface area (Å²) in [5.74, 6) is -1.84. The first-order valence-electron chi connectivity index (χ1n) is 5.70. The van der Waals surface area contributed by atoms with Crippen molar-refractivity contribution >= 4 is 17.8 Å². The number of hydrogen-bond donors (Lipinski definition) is 2. The minimum Gasteiger partial charge on any atom is -0.481 e. The molecule has 1 aliphatic heterocycles. The van der Waals surface area contributed by atoms with Crippen LogP contribution in [0.4, 0.5) is 0 Å². The van der Waals surface area contributed by atoms with Crippen molar-refractivity contribution in [3.8, 4) is 0 Å². The summed E-state index contributed by atoms with van der Waals surface area (Å²) >= 11 is 0. The molecule has 0 spiro atoms. The number of amides is 2. The van der Waals surface area contributed by atoms with Crippen LogP contribution < -0.4 is 5.32 Å². The van der Waals surface area contributed by atoms with E-state index in [1.165, 1.54) is 11.8 Å². The summed E-state index contributed by atoms with van der Waals surface area (Å²) < 4.78 is 0. The summed E-state index contributed by atoms with van der Waals surface area (Å²) in [5, 5.41) is 11.4. The maximum atomic E-state index is 11.9. The minimum atomic E-state index is -0.866. The van der Waals surface area contributed by atoms with Crippen LogP contribution in [-0.2, 0) is 14.4 Å². The zero-order valence-corrected chi connectivity index (χ0v) is 10.1. The largest absolute Gasteiger partial charge is 0.481 e. The van der Waals surface area contributed by atoms with Crippen molar-refractivity contribution < 1.29 is 19.5 Å². The molecule has 6 nitrogen and oxygen atoms in total. The van der Waals surface area contributed by atoms with Crippen LogP contribution in [0.2, 0.25) is 0 Å². The molecule has 0 aliphatic carbocycles. The second-order valence-electron chi connectivity index (χ2n) is 4.38. The molecule has 0 aromatic heterocycles. The number of aliphatic carboxylic acids is 1. The highest BCUT2D eigenvalue weighted by atomic mass is 16.4. The normalized spacial score (nSPS) is 21.8. The number of likely N-dealkylation sites (tertiary alicyclic amines) is 1. The zero-order chi connectivity index (χ0) is 13.0. The first kappa shape index (κ1) is 13.5. The Morgan fingerprint density at radius 2 is 2.06 bits per heavy atom. The van der Waals surface area contributed by atoms with Gasteiger partial charge < -0.3 is 15.3 Å². The van der Waals surface area contributed by atoms with Gasteiger partial charge in [-0.05, 0) is 19.8 Å². The standard InChI is InChI=1S/C11H18N2O4/c1-7(12-8(2)14)10(15)13-5-3-4-9(6-13)11(16)17/h7,9H,3-6H2,1-2H3,(H,12,14)(H,16,17)/t7?,9-/m0/s1. The Hall–Kier alpha value is -1.59. The van der Waals surface area contributed by atoms with Gasteiger partial charge in [-0.1, -0.05) is 0 Å². The van der Waals surface area contributed by atoms with Gasteiger partial charge in [0.05, 0.1) is 5.92 Å². The van der Waals surface area contributed by atoms with Crippen molar-refractivity contribution in [3.63, 3.8) is 0 Å². The Bertz CT molecular complexity index is 329. The third kappa shape index (κ3) is 3.72. The number of nitrogens with one attached hydrogen (secondary N) is 1. The van der Waals surface area contributed by atoms with E-state index >= 15 is 0 Å². The molecule has 1 heterocycles. The van der Waals surface area contributed by atoms with Crippen LogP contribution in [0.1, 0.15) is 26.7 Å². The van der Waals surface area contributed by atoms with Crippen molar-refractivity contribution in [1.82, 2.24) is 10.2 Å². The molecule has 1 fully saturated rings. The van der Waals surface area contributed by atoms with Gasteiger partial charge in [0, 0.05) is 20.0 Å². The number of hydrogen-bond acceptors (Lipinski definition) is 3. The Kier molecular flexibility index (Phi) is 4.48. The molecule has 17 heavy (non-hydrogen) atoms. The van der Waals surface area contributed by atoms with E-state index in [1.807, 2.05) is 0 Å². The molecule has 1 unspecified atom stereocenters. The number of carbonyl (C=O) groups is 3. The van der Waals surface area contributed by atoms with E-state index in [4.69, 9.17) is 5.11 Å². The van der Waals surface area contributed by atoms with Crippen LogP contribution in [0.5, 0.6) is 0 Å². The van der Waals surface area contributed by atoms with E-state index in [-0.39, 0.29) is 18.4 Å². The average molecular weight is 242 g/mol. The molecular weight excluding hydrogens is 224 g/mol. The summed E-state index contributed by atoms with van der Waals surface area (Å²) in [4.78, 5) is 35.1. The van der Waals surface area contributed by atoms with Gasteiger partial charge in [0.1, 0.15) is 6.04 Å². The molecule has 96 valence electrons. The summed E-state index contributed by atoms with van der Waals surface area (Å²) in [6, 6.07) is -0.597. The van der Waals surface area contributed by atoms with Gasteiger partial charge in [-0.25, -0.2) is 0 Å². The molecule has 0 bridgehead atoms. The van der Waals surface area contributed by atoms with Gasteiger partial charge in [-0.2, -0.15) is 0 Å². The summed E-state index contributed by atoms with van der Waals surface area (Å²) in [6.07, 6.45) is 1.29. The summed E-state index contributed by atoms with van der Waals surface area (Å²) in [6.45, 7) is 3.75. The number of nitrogens with zero attached hydrogens (tertiary/aromatic N) is 1. The monoisotopic (exact) mass is 242 g/mol. The van der Waals surface area contributed by atoms with Crippen LogP contribution in [0.25, 0.3) is 0 Å². The predicted octanol–water partition coefficient (Wildman–Crippen LogP) is -0.166. The lowest BCUT2D eigenvalue weighted by molar-refractivity contribution is -0.146. The second kappa shape index (κ2) is 5.65. The Morgan fingerprint density at radius 3 is 2.59 bits per heavy atom. The number of piperidine rings is 1. The van der Waals surface area contributed by atoms with Gasteiger partial charge in [-0.15, -0.1) is 0 Å². The third-order valence-electron chi connectivity index (χ3n) is 2.87. The molecule has 2 N–H and O–H groups in total.